The van der Waals surface area contributed by atoms with E-state index in [-0.39, 0.29) is 5.91 Å². The van der Waals surface area contributed by atoms with Crippen molar-refractivity contribution in [1.29, 1.82) is 5.26 Å². The summed E-state index contributed by atoms with van der Waals surface area (Å²) in [6, 6.07) is 2.01. The molecule has 0 aliphatic carbocycles. The van der Waals surface area contributed by atoms with Gasteiger partial charge in [-0.1, -0.05) is 0 Å². The third-order valence-electron chi connectivity index (χ3n) is 3.15. The molecule has 1 aliphatic rings. The van der Waals surface area contributed by atoms with Crippen LogP contribution >= 0.6 is 0 Å². The SMILES string of the molecule is CCOCCN1CCN(CC(=O)NCCC#N)CC1. The highest BCUT2D eigenvalue weighted by Crippen LogP contribution is 2.01. The van der Waals surface area contributed by atoms with E-state index in [1.807, 2.05) is 13.0 Å². The van der Waals surface area contributed by atoms with Crippen molar-refractivity contribution in [2.45, 2.75) is 13.3 Å². The molecule has 1 amide bonds. The van der Waals surface area contributed by atoms with E-state index in [2.05, 4.69) is 15.1 Å². The molecule has 1 rings (SSSR count). The first-order valence-electron chi connectivity index (χ1n) is 6.92. The molecule has 19 heavy (non-hydrogen) atoms. The van der Waals surface area contributed by atoms with E-state index in [1.165, 1.54) is 0 Å². The lowest BCUT2D eigenvalue weighted by Gasteiger charge is -2.34. The van der Waals surface area contributed by atoms with Crippen molar-refractivity contribution >= 4 is 5.91 Å². The summed E-state index contributed by atoms with van der Waals surface area (Å²) in [5.41, 5.74) is 0. The maximum absolute atomic E-state index is 11.6. The second-order valence-electron chi connectivity index (χ2n) is 4.57. The number of amides is 1. The van der Waals surface area contributed by atoms with Crippen LogP contribution in [0.15, 0.2) is 0 Å². The molecule has 0 saturated carbocycles. The van der Waals surface area contributed by atoms with Gasteiger partial charge in [0.05, 0.1) is 25.6 Å². The third-order valence-corrected chi connectivity index (χ3v) is 3.15. The van der Waals surface area contributed by atoms with E-state index in [1.54, 1.807) is 0 Å². The molecule has 6 nitrogen and oxygen atoms in total. The molecule has 0 aromatic heterocycles. The summed E-state index contributed by atoms with van der Waals surface area (Å²) in [4.78, 5) is 16.1. The van der Waals surface area contributed by atoms with Gasteiger partial charge in [0, 0.05) is 45.9 Å². The lowest BCUT2D eigenvalue weighted by molar-refractivity contribution is -0.122. The lowest BCUT2D eigenvalue weighted by atomic mass is 10.3. The number of carbonyl (C=O) groups excluding carboxylic acids is 1. The van der Waals surface area contributed by atoms with Gasteiger partial charge in [-0.25, -0.2) is 0 Å². The zero-order valence-electron chi connectivity index (χ0n) is 11.7. The van der Waals surface area contributed by atoms with Crippen LogP contribution in [0.25, 0.3) is 0 Å². The predicted molar refractivity (Wildman–Crippen MR) is 72.6 cm³/mol. The van der Waals surface area contributed by atoms with Crippen molar-refractivity contribution < 1.29 is 9.53 Å². The van der Waals surface area contributed by atoms with Gasteiger partial charge in [0.15, 0.2) is 0 Å². The first kappa shape index (κ1) is 15.9. The maximum atomic E-state index is 11.6. The van der Waals surface area contributed by atoms with Crippen LogP contribution in [-0.2, 0) is 9.53 Å². The van der Waals surface area contributed by atoms with Gasteiger partial charge in [-0.3, -0.25) is 14.6 Å². The van der Waals surface area contributed by atoms with Gasteiger partial charge < -0.3 is 10.1 Å². The number of ether oxygens (including phenoxy) is 1. The molecular formula is C13H24N4O2. The summed E-state index contributed by atoms with van der Waals surface area (Å²) in [7, 11) is 0. The summed E-state index contributed by atoms with van der Waals surface area (Å²) in [6.45, 7) is 9.20. The summed E-state index contributed by atoms with van der Waals surface area (Å²) in [6.07, 6.45) is 0.372. The van der Waals surface area contributed by atoms with Crippen LogP contribution in [-0.4, -0.2) is 74.7 Å². The van der Waals surface area contributed by atoms with E-state index in [0.717, 1.165) is 45.9 Å². The Morgan fingerprint density at radius 2 is 2.00 bits per heavy atom. The van der Waals surface area contributed by atoms with Crippen LogP contribution in [0.4, 0.5) is 0 Å². The summed E-state index contributed by atoms with van der Waals surface area (Å²) in [5, 5.41) is 11.1. The molecule has 1 aliphatic heterocycles. The summed E-state index contributed by atoms with van der Waals surface area (Å²) >= 11 is 0. The Morgan fingerprint density at radius 1 is 1.32 bits per heavy atom. The van der Waals surface area contributed by atoms with Gasteiger partial charge in [0.1, 0.15) is 0 Å². The third kappa shape index (κ3) is 7.11. The second-order valence-corrected chi connectivity index (χ2v) is 4.57. The first-order valence-corrected chi connectivity index (χ1v) is 6.92. The minimum atomic E-state index is 0.0121. The van der Waals surface area contributed by atoms with Crippen LogP contribution in [0.5, 0.6) is 0 Å². The van der Waals surface area contributed by atoms with E-state index in [9.17, 15) is 4.79 Å². The van der Waals surface area contributed by atoms with Gasteiger partial charge in [0.2, 0.25) is 5.91 Å². The van der Waals surface area contributed by atoms with Crippen molar-refractivity contribution in [3.63, 3.8) is 0 Å². The molecule has 1 N–H and O–H groups in total. The zero-order valence-corrected chi connectivity index (χ0v) is 11.7. The van der Waals surface area contributed by atoms with Gasteiger partial charge in [-0.2, -0.15) is 5.26 Å². The van der Waals surface area contributed by atoms with Gasteiger partial charge in [-0.05, 0) is 6.92 Å². The molecule has 0 spiro atoms. The zero-order chi connectivity index (χ0) is 13.9. The number of nitrogens with one attached hydrogen (secondary N) is 1. The molecule has 6 heteroatoms. The highest BCUT2D eigenvalue weighted by Gasteiger charge is 2.18. The Bertz CT molecular complexity index is 296. The molecule has 0 unspecified atom stereocenters. The second kappa shape index (κ2) is 9.73. The highest BCUT2D eigenvalue weighted by atomic mass is 16.5. The Labute approximate surface area is 115 Å². The molecule has 0 aromatic rings. The molecular weight excluding hydrogens is 244 g/mol. The molecule has 0 aromatic carbocycles. The van der Waals surface area contributed by atoms with E-state index in [4.69, 9.17) is 10.00 Å². The van der Waals surface area contributed by atoms with Crippen molar-refractivity contribution in [1.82, 2.24) is 15.1 Å². The number of hydrogen-bond donors (Lipinski definition) is 1. The molecule has 0 bridgehead atoms. The standard InChI is InChI=1S/C13H24N4O2/c1-2-19-11-10-16-6-8-17(9-7-16)12-13(18)15-5-3-4-14/h2-3,5-12H2,1H3,(H,15,18). The van der Waals surface area contributed by atoms with Crippen LogP contribution < -0.4 is 5.32 Å². The number of carbonyl (C=O) groups is 1. The van der Waals surface area contributed by atoms with Crippen LogP contribution in [0.3, 0.4) is 0 Å². The predicted octanol–water partition coefficient (Wildman–Crippen LogP) is -0.330. The number of hydrogen-bond acceptors (Lipinski definition) is 5. The Hall–Kier alpha value is -1.16. The fourth-order valence-corrected chi connectivity index (χ4v) is 2.03. The molecule has 1 fully saturated rings. The average molecular weight is 268 g/mol. The first-order chi connectivity index (χ1) is 9.26. The maximum Gasteiger partial charge on any atom is 0.234 e. The van der Waals surface area contributed by atoms with E-state index in [0.29, 0.717) is 19.5 Å². The van der Waals surface area contributed by atoms with E-state index < -0.39 is 0 Å². The number of nitriles is 1. The number of nitrogens with zero attached hydrogens (tertiary/aromatic N) is 3. The van der Waals surface area contributed by atoms with Crippen molar-refractivity contribution in [2.24, 2.45) is 0 Å². The normalized spacial score (nSPS) is 17.1. The fourth-order valence-electron chi connectivity index (χ4n) is 2.03. The van der Waals surface area contributed by atoms with Crippen molar-refractivity contribution in [3.05, 3.63) is 0 Å². The van der Waals surface area contributed by atoms with Crippen LogP contribution in [0, 0.1) is 11.3 Å². The molecule has 1 heterocycles. The fraction of sp³-hybridized carbons (Fsp3) is 0.846. The van der Waals surface area contributed by atoms with Crippen molar-refractivity contribution in [2.75, 3.05) is 59.0 Å². The Kier molecular flexibility index (Phi) is 8.14. The minimum absolute atomic E-state index is 0.0121. The van der Waals surface area contributed by atoms with Crippen LogP contribution in [0.2, 0.25) is 0 Å². The van der Waals surface area contributed by atoms with E-state index >= 15 is 0 Å². The average Bonchev–Trinajstić information content (AvgIpc) is 2.41. The van der Waals surface area contributed by atoms with Gasteiger partial charge >= 0.3 is 0 Å². The highest BCUT2D eigenvalue weighted by molar-refractivity contribution is 5.78. The number of rotatable bonds is 8. The Morgan fingerprint density at radius 3 is 2.63 bits per heavy atom. The Balaban J connectivity index is 2.09. The van der Waals surface area contributed by atoms with Gasteiger partial charge in [-0.15, -0.1) is 0 Å². The quantitative estimate of drug-likeness (QED) is 0.611. The van der Waals surface area contributed by atoms with Crippen LogP contribution in [0.1, 0.15) is 13.3 Å². The molecule has 1 saturated heterocycles. The van der Waals surface area contributed by atoms with Gasteiger partial charge in [0.25, 0.3) is 0 Å². The number of piperazine rings is 1. The summed E-state index contributed by atoms with van der Waals surface area (Å²) in [5.74, 6) is 0.0121. The smallest absolute Gasteiger partial charge is 0.234 e. The minimum Gasteiger partial charge on any atom is -0.380 e. The molecule has 0 radical (unpaired) electrons. The summed E-state index contributed by atoms with van der Waals surface area (Å²) < 4.78 is 5.34. The monoisotopic (exact) mass is 268 g/mol. The van der Waals surface area contributed by atoms with Crippen molar-refractivity contribution in [3.8, 4) is 6.07 Å². The molecule has 108 valence electrons. The lowest BCUT2D eigenvalue weighted by Crippen LogP contribution is -2.50. The largest absolute Gasteiger partial charge is 0.380 e. The molecule has 0 atom stereocenters. The topological polar surface area (TPSA) is 68.6 Å².